The zero-order valence-corrected chi connectivity index (χ0v) is 10.1. The number of rotatable bonds is 4. The topological polar surface area (TPSA) is 36.8 Å². The number of nitrogens with two attached hydrogens (primary N) is 1. The van der Waals surface area contributed by atoms with Crippen LogP contribution in [-0.4, -0.2) is 5.11 Å². The summed E-state index contributed by atoms with van der Waals surface area (Å²) in [5.41, 5.74) is 3.87. The SMILES string of the molecule is Cc1ccc(C[NH2+]Cc2ccc(O)cc2)cc1. The highest BCUT2D eigenvalue weighted by atomic mass is 16.3. The van der Waals surface area contributed by atoms with Crippen molar-refractivity contribution in [2.24, 2.45) is 0 Å². The molecule has 88 valence electrons. The Hall–Kier alpha value is -1.80. The van der Waals surface area contributed by atoms with Gasteiger partial charge in [0.25, 0.3) is 0 Å². The predicted molar refractivity (Wildman–Crippen MR) is 68.6 cm³/mol. The number of phenolic OH excluding ortho intramolecular Hbond substituents is 1. The third kappa shape index (κ3) is 3.61. The van der Waals surface area contributed by atoms with Gasteiger partial charge in [-0.1, -0.05) is 29.8 Å². The highest BCUT2D eigenvalue weighted by Gasteiger charge is 1.97. The van der Waals surface area contributed by atoms with Gasteiger partial charge in [0.1, 0.15) is 18.8 Å². The van der Waals surface area contributed by atoms with Crippen molar-refractivity contribution in [3.63, 3.8) is 0 Å². The van der Waals surface area contributed by atoms with E-state index in [9.17, 15) is 5.11 Å². The second-order valence-electron chi connectivity index (χ2n) is 4.35. The van der Waals surface area contributed by atoms with Crippen LogP contribution in [-0.2, 0) is 13.1 Å². The maximum Gasteiger partial charge on any atom is 0.115 e. The van der Waals surface area contributed by atoms with Gasteiger partial charge in [-0.05, 0) is 31.2 Å². The average Bonchev–Trinajstić information content (AvgIpc) is 2.34. The fourth-order valence-electron chi connectivity index (χ4n) is 1.76. The fourth-order valence-corrected chi connectivity index (χ4v) is 1.76. The Labute approximate surface area is 102 Å². The first kappa shape index (κ1) is 11.7. The van der Waals surface area contributed by atoms with E-state index < -0.39 is 0 Å². The molecular formula is C15H18NO+. The van der Waals surface area contributed by atoms with Crippen molar-refractivity contribution in [3.05, 3.63) is 65.2 Å². The molecule has 0 saturated carbocycles. The summed E-state index contributed by atoms with van der Waals surface area (Å²) < 4.78 is 0. The summed E-state index contributed by atoms with van der Waals surface area (Å²) in [6.45, 7) is 4.03. The number of phenols is 1. The van der Waals surface area contributed by atoms with Gasteiger partial charge in [-0.2, -0.15) is 0 Å². The van der Waals surface area contributed by atoms with Gasteiger partial charge in [-0.15, -0.1) is 0 Å². The molecule has 2 rings (SSSR count). The van der Waals surface area contributed by atoms with E-state index in [0.717, 1.165) is 13.1 Å². The van der Waals surface area contributed by atoms with Gasteiger partial charge in [-0.3, -0.25) is 0 Å². The molecule has 2 nitrogen and oxygen atoms in total. The minimum absolute atomic E-state index is 0.326. The normalized spacial score (nSPS) is 10.4. The molecule has 0 unspecified atom stereocenters. The van der Waals surface area contributed by atoms with E-state index in [1.54, 1.807) is 12.1 Å². The minimum atomic E-state index is 0.326. The van der Waals surface area contributed by atoms with Crippen molar-refractivity contribution >= 4 is 0 Å². The smallest absolute Gasteiger partial charge is 0.115 e. The molecule has 0 aromatic heterocycles. The van der Waals surface area contributed by atoms with Crippen LogP contribution in [0.2, 0.25) is 0 Å². The molecule has 0 amide bonds. The van der Waals surface area contributed by atoms with Crippen LogP contribution in [0.15, 0.2) is 48.5 Å². The van der Waals surface area contributed by atoms with Crippen molar-refractivity contribution in [2.45, 2.75) is 20.0 Å². The summed E-state index contributed by atoms with van der Waals surface area (Å²) in [7, 11) is 0. The lowest BCUT2D eigenvalue weighted by molar-refractivity contribution is -0.686. The van der Waals surface area contributed by atoms with Crippen molar-refractivity contribution in [3.8, 4) is 5.75 Å². The van der Waals surface area contributed by atoms with Crippen LogP contribution >= 0.6 is 0 Å². The van der Waals surface area contributed by atoms with Crippen molar-refractivity contribution in [2.75, 3.05) is 0 Å². The Morgan fingerprint density at radius 1 is 0.824 bits per heavy atom. The highest BCUT2D eigenvalue weighted by Crippen LogP contribution is 2.08. The summed E-state index contributed by atoms with van der Waals surface area (Å²) in [5, 5.41) is 11.4. The first-order chi connectivity index (χ1) is 8.24. The summed E-state index contributed by atoms with van der Waals surface area (Å²) in [6.07, 6.45) is 0. The number of aromatic hydroxyl groups is 1. The van der Waals surface area contributed by atoms with E-state index in [2.05, 4.69) is 36.5 Å². The molecule has 0 atom stereocenters. The lowest BCUT2D eigenvalue weighted by Crippen LogP contribution is -2.80. The van der Waals surface area contributed by atoms with Gasteiger partial charge >= 0.3 is 0 Å². The van der Waals surface area contributed by atoms with E-state index in [4.69, 9.17) is 0 Å². The molecule has 0 bridgehead atoms. The molecule has 2 heteroatoms. The number of aryl methyl sites for hydroxylation is 1. The summed E-state index contributed by atoms with van der Waals surface area (Å²) >= 11 is 0. The van der Waals surface area contributed by atoms with Crippen molar-refractivity contribution in [1.29, 1.82) is 0 Å². The molecule has 17 heavy (non-hydrogen) atoms. The monoisotopic (exact) mass is 228 g/mol. The molecular weight excluding hydrogens is 210 g/mol. The van der Waals surface area contributed by atoms with Crippen LogP contribution in [0.5, 0.6) is 5.75 Å². The summed E-state index contributed by atoms with van der Waals surface area (Å²) in [5.74, 6) is 0.326. The minimum Gasteiger partial charge on any atom is -0.508 e. The number of quaternary nitrogens is 1. The second-order valence-corrected chi connectivity index (χ2v) is 4.35. The first-order valence-electron chi connectivity index (χ1n) is 5.89. The lowest BCUT2D eigenvalue weighted by atomic mass is 10.1. The predicted octanol–water partition coefficient (Wildman–Crippen LogP) is 1.96. The van der Waals surface area contributed by atoms with Crippen LogP contribution in [0.1, 0.15) is 16.7 Å². The zero-order valence-electron chi connectivity index (χ0n) is 10.1. The van der Waals surface area contributed by atoms with Gasteiger partial charge < -0.3 is 10.4 Å². The molecule has 0 aliphatic heterocycles. The second kappa shape index (κ2) is 5.51. The molecule has 0 fully saturated rings. The third-order valence-corrected chi connectivity index (χ3v) is 2.82. The Balaban J connectivity index is 1.83. The lowest BCUT2D eigenvalue weighted by Gasteiger charge is -2.03. The Morgan fingerprint density at radius 2 is 1.29 bits per heavy atom. The van der Waals surface area contributed by atoms with E-state index in [0.29, 0.717) is 5.75 Å². The molecule has 2 aromatic carbocycles. The molecule has 0 aliphatic rings. The van der Waals surface area contributed by atoms with Crippen LogP contribution < -0.4 is 5.32 Å². The largest absolute Gasteiger partial charge is 0.508 e. The van der Waals surface area contributed by atoms with Crippen LogP contribution in [0, 0.1) is 6.92 Å². The maximum atomic E-state index is 9.18. The Kier molecular flexibility index (Phi) is 3.78. The molecule has 2 aromatic rings. The van der Waals surface area contributed by atoms with Crippen molar-refractivity contribution < 1.29 is 10.4 Å². The van der Waals surface area contributed by atoms with Crippen LogP contribution in [0.4, 0.5) is 0 Å². The highest BCUT2D eigenvalue weighted by molar-refractivity contribution is 5.25. The van der Waals surface area contributed by atoms with Gasteiger partial charge in [0.05, 0.1) is 0 Å². The van der Waals surface area contributed by atoms with E-state index in [-0.39, 0.29) is 0 Å². The quantitative estimate of drug-likeness (QED) is 0.824. The van der Waals surface area contributed by atoms with Gasteiger partial charge in [0.15, 0.2) is 0 Å². The number of hydrogen-bond acceptors (Lipinski definition) is 1. The average molecular weight is 228 g/mol. The standard InChI is InChI=1S/C15H17NO/c1-12-2-4-13(5-3-12)10-16-11-14-6-8-15(17)9-7-14/h2-9,16-17H,10-11H2,1H3/p+1. The molecule has 3 N–H and O–H groups in total. The van der Waals surface area contributed by atoms with E-state index in [1.807, 2.05) is 12.1 Å². The maximum absolute atomic E-state index is 9.18. The van der Waals surface area contributed by atoms with Crippen molar-refractivity contribution in [1.82, 2.24) is 0 Å². The zero-order chi connectivity index (χ0) is 12.1. The fraction of sp³-hybridized carbons (Fsp3) is 0.200. The Morgan fingerprint density at radius 3 is 1.82 bits per heavy atom. The summed E-state index contributed by atoms with van der Waals surface area (Å²) in [6, 6.07) is 16.0. The summed E-state index contributed by atoms with van der Waals surface area (Å²) in [4.78, 5) is 0. The molecule has 0 heterocycles. The van der Waals surface area contributed by atoms with Gasteiger partial charge in [0.2, 0.25) is 0 Å². The van der Waals surface area contributed by atoms with E-state index >= 15 is 0 Å². The third-order valence-electron chi connectivity index (χ3n) is 2.82. The molecule has 0 radical (unpaired) electrons. The van der Waals surface area contributed by atoms with E-state index in [1.165, 1.54) is 16.7 Å². The number of benzene rings is 2. The van der Waals surface area contributed by atoms with Crippen LogP contribution in [0.25, 0.3) is 0 Å². The first-order valence-corrected chi connectivity index (χ1v) is 5.89. The van der Waals surface area contributed by atoms with Gasteiger partial charge in [-0.25, -0.2) is 0 Å². The molecule has 0 spiro atoms. The number of hydrogen-bond donors (Lipinski definition) is 2. The Bertz CT molecular complexity index is 414. The van der Waals surface area contributed by atoms with Crippen LogP contribution in [0.3, 0.4) is 0 Å². The van der Waals surface area contributed by atoms with Gasteiger partial charge in [0, 0.05) is 11.1 Å². The molecule has 0 aliphatic carbocycles. The molecule has 0 saturated heterocycles.